The molecule has 2 N–H and O–H groups in total. The van der Waals surface area contributed by atoms with Crippen LogP contribution in [0, 0.1) is 0 Å². The number of hydrogen-bond donors (Lipinski definition) is 2. The highest BCUT2D eigenvalue weighted by Gasteiger charge is 2.30. The van der Waals surface area contributed by atoms with Crippen molar-refractivity contribution in [2.75, 3.05) is 18.1 Å². The Morgan fingerprint density at radius 2 is 2.33 bits per heavy atom. The summed E-state index contributed by atoms with van der Waals surface area (Å²) >= 11 is 0. The molecule has 1 saturated heterocycles. The monoisotopic (exact) mass is 271 g/mol. The number of nitrogens with one attached hydrogen (secondary N) is 2. The van der Waals surface area contributed by atoms with E-state index < -0.39 is 9.84 Å². The van der Waals surface area contributed by atoms with Crippen LogP contribution in [0.3, 0.4) is 0 Å². The van der Waals surface area contributed by atoms with Gasteiger partial charge in [0, 0.05) is 24.2 Å². The van der Waals surface area contributed by atoms with Crippen molar-refractivity contribution >= 4 is 9.84 Å². The summed E-state index contributed by atoms with van der Waals surface area (Å²) in [5, 5.41) is 3.05. The quantitative estimate of drug-likeness (QED) is 0.790. The van der Waals surface area contributed by atoms with Gasteiger partial charge in [-0.05, 0) is 13.0 Å². The molecule has 2 heterocycles. The molecular formula is C11H17N3O3S. The van der Waals surface area contributed by atoms with E-state index in [0.717, 1.165) is 6.54 Å². The van der Waals surface area contributed by atoms with Crippen LogP contribution in [0.15, 0.2) is 11.0 Å². The van der Waals surface area contributed by atoms with Crippen LogP contribution in [0.4, 0.5) is 0 Å². The van der Waals surface area contributed by atoms with E-state index in [2.05, 4.69) is 15.3 Å². The first-order valence-electron chi connectivity index (χ1n) is 6.01. The van der Waals surface area contributed by atoms with Crippen molar-refractivity contribution in [3.8, 4) is 0 Å². The third-order valence-corrected chi connectivity index (χ3v) is 4.85. The maximum atomic E-state index is 11.8. The van der Waals surface area contributed by atoms with Crippen molar-refractivity contribution in [1.82, 2.24) is 15.3 Å². The number of hydrogen-bond acceptors (Lipinski definition) is 5. The van der Waals surface area contributed by atoms with Crippen LogP contribution < -0.4 is 10.9 Å². The molecule has 0 aliphatic carbocycles. The molecule has 100 valence electrons. The molecule has 0 saturated carbocycles. The molecule has 0 bridgehead atoms. The molecule has 0 radical (unpaired) electrons. The Labute approximate surface area is 106 Å². The Balaban J connectivity index is 2.17. The number of sulfone groups is 1. The first-order valence-corrected chi connectivity index (χ1v) is 7.83. The molecule has 2 rings (SSSR count). The van der Waals surface area contributed by atoms with Crippen molar-refractivity contribution in [2.24, 2.45) is 0 Å². The molecule has 1 fully saturated rings. The Bertz CT molecular complexity index is 579. The number of aromatic nitrogens is 2. The summed E-state index contributed by atoms with van der Waals surface area (Å²) in [6.07, 6.45) is 2.07. The van der Waals surface area contributed by atoms with Gasteiger partial charge in [-0.15, -0.1) is 0 Å². The van der Waals surface area contributed by atoms with Gasteiger partial charge in [0.05, 0.1) is 11.5 Å². The fourth-order valence-corrected chi connectivity index (χ4v) is 3.79. The Kier molecular flexibility index (Phi) is 3.82. The first kappa shape index (κ1) is 13.2. The molecule has 0 aromatic carbocycles. The van der Waals surface area contributed by atoms with Crippen LogP contribution in [0.2, 0.25) is 0 Å². The van der Waals surface area contributed by atoms with E-state index in [1.807, 2.05) is 6.92 Å². The lowest BCUT2D eigenvalue weighted by atomic mass is 10.1. The van der Waals surface area contributed by atoms with Crippen LogP contribution in [0.25, 0.3) is 0 Å². The molecule has 1 aliphatic rings. The van der Waals surface area contributed by atoms with Crippen molar-refractivity contribution in [3.63, 3.8) is 0 Å². The minimum Gasteiger partial charge on any atom is -0.313 e. The van der Waals surface area contributed by atoms with E-state index in [1.54, 1.807) is 0 Å². The Morgan fingerprint density at radius 3 is 2.89 bits per heavy atom. The molecule has 1 aliphatic heterocycles. The van der Waals surface area contributed by atoms with E-state index in [1.165, 1.54) is 6.20 Å². The normalized spacial score (nSPS) is 22.2. The fraction of sp³-hybridized carbons (Fsp3) is 0.636. The summed E-state index contributed by atoms with van der Waals surface area (Å²) in [7, 11) is -2.96. The number of rotatable bonds is 4. The summed E-state index contributed by atoms with van der Waals surface area (Å²) in [5.41, 5.74) is 0.381. The maximum absolute atomic E-state index is 11.8. The van der Waals surface area contributed by atoms with Gasteiger partial charge in [-0.1, -0.05) is 6.92 Å². The number of nitrogens with zero attached hydrogens (tertiary/aromatic N) is 1. The predicted molar refractivity (Wildman–Crippen MR) is 68.3 cm³/mol. The van der Waals surface area contributed by atoms with Gasteiger partial charge in [0.15, 0.2) is 9.84 Å². The highest BCUT2D eigenvalue weighted by atomic mass is 32.2. The van der Waals surface area contributed by atoms with E-state index in [9.17, 15) is 13.2 Å². The molecule has 1 aromatic heterocycles. The van der Waals surface area contributed by atoms with Gasteiger partial charge in [0.1, 0.15) is 5.82 Å². The maximum Gasteiger partial charge on any atom is 0.255 e. The van der Waals surface area contributed by atoms with Crippen LogP contribution >= 0.6 is 0 Å². The second-order valence-corrected chi connectivity index (χ2v) is 6.73. The zero-order chi connectivity index (χ0) is 13.2. The third kappa shape index (κ3) is 2.97. The highest BCUT2D eigenvalue weighted by Crippen LogP contribution is 2.25. The molecule has 0 spiro atoms. The summed E-state index contributed by atoms with van der Waals surface area (Å²) in [6, 6.07) is 0. The number of H-pyrrole nitrogens is 1. The average molecular weight is 271 g/mol. The first-order chi connectivity index (χ1) is 8.52. The number of aromatic amines is 1. The molecule has 1 aromatic rings. The average Bonchev–Trinajstić information content (AvgIpc) is 2.68. The lowest BCUT2D eigenvalue weighted by Gasteiger charge is -2.07. The van der Waals surface area contributed by atoms with Gasteiger partial charge in [-0.2, -0.15) is 0 Å². The van der Waals surface area contributed by atoms with Gasteiger partial charge < -0.3 is 10.3 Å². The lowest BCUT2D eigenvalue weighted by molar-refractivity contribution is 0.601. The lowest BCUT2D eigenvalue weighted by Crippen LogP contribution is -2.23. The van der Waals surface area contributed by atoms with Gasteiger partial charge in [0.25, 0.3) is 5.56 Å². The molecule has 1 atom stereocenters. The Hall–Kier alpha value is -1.21. The largest absolute Gasteiger partial charge is 0.313 e. The van der Waals surface area contributed by atoms with E-state index in [0.29, 0.717) is 24.4 Å². The highest BCUT2D eigenvalue weighted by molar-refractivity contribution is 7.91. The zero-order valence-electron chi connectivity index (χ0n) is 10.3. The second-order valence-electron chi connectivity index (χ2n) is 4.50. The summed E-state index contributed by atoms with van der Waals surface area (Å²) in [4.78, 5) is 18.7. The van der Waals surface area contributed by atoms with Crippen molar-refractivity contribution in [1.29, 1.82) is 0 Å². The van der Waals surface area contributed by atoms with E-state index >= 15 is 0 Å². The van der Waals surface area contributed by atoms with E-state index in [-0.39, 0.29) is 23.0 Å². The van der Waals surface area contributed by atoms with Crippen molar-refractivity contribution in [2.45, 2.75) is 25.8 Å². The van der Waals surface area contributed by atoms with Crippen molar-refractivity contribution < 1.29 is 8.42 Å². The topological polar surface area (TPSA) is 91.9 Å². The third-order valence-electron chi connectivity index (χ3n) is 3.08. The van der Waals surface area contributed by atoms with Crippen LogP contribution in [0.1, 0.15) is 30.7 Å². The van der Waals surface area contributed by atoms with Crippen LogP contribution in [0.5, 0.6) is 0 Å². The summed E-state index contributed by atoms with van der Waals surface area (Å²) in [6.45, 7) is 3.21. The smallest absolute Gasteiger partial charge is 0.255 e. The Morgan fingerprint density at radius 1 is 1.56 bits per heavy atom. The van der Waals surface area contributed by atoms with Crippen molar-refractivity contribution in [3.05, 3.63) is 27.9 Å². The minimum atomic E-state index is -2.96. The molecule has 18 heavy (non-hydrogen) atoms. The molecular weight excluding hydrogens is 254 g/mol. The molecule has 6 nitrogen and oxygen atoms in total. The minimum absolute atomic E-state index is 0.0858. The second kappa shape index (κ2) is 5.19. The van der Waals surface area contributed by atoms with Crippen LogP contribution in [-0.2, 0) is 16.4 Å². The van der Waals surface area contributed by atoms with Gasteiger partial charge >= 0.3 is 0 Å². The predicted octanol–water partition coefficient (Wildman–Crippen LogP) is -0.218. The molecule has 1 unspecified atom stereocenters. The summed E-state index contributed by atoms with van der Waals surface area (Å²) in [5.74, 6) is 0.584. The van der Waals surface area contributed by atoms with Gasteiger partial charge in [0.2, 0.25) is 0 Å². The molecule has 7 heteroatoms. The molecule has 0 amide bonds. The summed E-state index contributed by atoms with van der Waals surface area (Å²) < 4.78 is 22.8. The van der Waals surface area contributed by atoms with Gasteiger partial charge in [-0.3, -0.25) is 4.79 Å². The fourth-order valence-electron chi connectivity index (χ4n) is 2.04. The van der Waals surface area contributed by atoms with E-state index in [4.69, 9.17) is 0 Å². The van der Waals surface area contributed by atoms with Crippen LogP contribution in [-0.4, -0.2) is 36.4 Å². The zero-order valence-corrected chi connectivity index (χ0v) is 11.1. The SMILES string of the molecule is CCNCc1cnc(C2CCS(=O)(=O)C2)[nH]c1=O. The standard InChI is InChI=1S/C11H17N3O3S/c1-2-12-5-9-6-13-10(14-11(9)15)8-3-4-18(16,17)7-8/h6,8,12H,2-5,7H2,1H3,(H,13,14,15). The van der Waals surface area contributed by atoms with Gasteiger partial charge in [-0.25, -0.2) is 13.4 Å².